The lowest BCUT2D eigenvalue weighted by Gasteiger charge is -2.19. The molecule has 0 aliphatic carbocycles. The Morgan fingerprint density at radius 1 is 0.180 bits per heavy atom. The number of fused-ring (bicyclic) bond motifs is 5. The van der Waals surface area contributed by atoms with Crippen molar-refractivity contribution >= 4 is 53.9 Å². The van der Waals surface area contributed by atoms with Gasteiger partial charge in [-0.3, -0.25) is 0 Å². The molecular weight excluding hydrogens is 601 g/mol. The largest absolute Gasteiger partial charge is 0.0622 e. The van der Waals surface area contributed by atoms with Gasteiger partial charge in [-0.05, 0) is 111 Å². The molecule has 0 radical (unpaired) electrons. The highest BCUT2D eigenvalue weighted by atomic mass is 14.2. The van der Waals surface area contributed by atoms with E-state index in [0.717, 1.165) is 0 Å². The molecule has 0 saturated carbocycles. The molecule has 10 rings (SSSR count). The lowest BCUT2D eigenvalue weighted by atomic mass is 9.84. The van der Waals surface area contributed by atoms with E-state index in [9.17, 15) is 0 Å². The number of rotatable bonds is 4. The van der Waals surface area contributed by atoms with E-state index in [1.807, 2.05) is 0 Å². The fraction of sp³-hybridized carbons (Fsp3) is 0. The van der Waals surface area contributed by atoms with Gasteiger partial charge in [0.05, 0.1) is 0 Å². The van der Waals surface area contributed by atoms with Crippen LogP contribution in [0.2, 0.25) is 0 Å². The Morgan fingerprint density at radius 3 is 0.740 bits per heavy atom. The molecule has 0 amide bonds. The van der Waals surface area contributed by atoms with Crippen LogP contribution in [0.1, 0.15) is 0 Å². The van der Waals surface area contributed by atoms with Crippen molar-refractivity contribution in [2.24, 2.45) is 0 Å². The van der Waals surface area contributed by atoms with Gasteiger partial charge < -0.3 is 0 Å². The zero-order valence-corrected chi connectivity index (χ0v) is 27.5. The predicted molar refractivity (Wildman–Crippen MR) is 216 cm³/mol. The minimum Gasteiger partial charge on any atom is -0.0622 e. The van der Waals surface area contributed by atoms with E-state index in [4.69, 9.17) is 0 Å². The second-order valence-electron chi connectivity index (χ2n) is 13.2. The molecule has 0 aliphatic rings. The smallest absolute Gasteiger partial charge is 0.00262 e. The zero-order chi connectivity index (χ0) is 33.0. The second kappa shape index (κ2) is 11.6. The Balaban J connectivity index is 1.23. The molecule has 0 bridgehead atoms. The molecule has 10 aromatic rings. The molecule has 0 heterocycles. The Hall–Kier alpha value is -6.50. The molecule has 0 heteroatoms. The van der Waals surface area contributed by atoms with Crippen molar-refractivity contribution in [3.63, 3.8) is 0 Å². The van der Waals surface area contributed by atoms with Gasteiger partial charge in [0.25, 0.3) is 0 Å². The summed E-state index contributed by atoms with van der Waals surface area (Å²) in [7, 11) is 0. The van der Waals surface area contributed by atoms with E-state index < -0.39 is 0 Å². The van der Waals surface area contributed by atoms with Crippen molar-refractivity contribution in [1.82, 2.24) is 0 Å². The first-order valence-corrected chi connectivity index (χ1v) is 17.4. The topological polar surface area (TPSA) is 0 Å². The number of benzene rings is 10. The summed E-state index contributed by atoms with van der Waals surface area (Å²) >= 11 is 0. The third-order valence-corrected chi connectivity index (χ3v) is 10.4. The van der Waals surface area contributed by atoms with Gasteiger partial charge in [-0.2, -0.15) is 0 Å². The SMILES string of the molecule is c1ccc(-c2c3ccccc3c(-c3ccc4ccc(-c5c6ccccc6c(-c6ccccc6)c6ccccc56)cc4c3)c3ccccc23)cc1. The Morgan fingerprint density at radius 2 is 0.440 bits per heavy atom. The predicted octanol–water partition coefficient (Wildman–Crippen LogP) is 14.1. The van der Waals surface area contributed by atoms with Crippen LogP contribution in [-0.4, -0.2) is 0 Å². The summed E-state index contributed by atoms with van der Waals surface area (Å²) in [5.74, 6) is 0. The van der Waals surface area contributed by atoms with Crippen molar-refractivity contribution in [3.05, 3.63) is 194 Å². The van der Waals surface area contributed by atoms with Gasteiger partial charge >= 0.3 is 0 Å². The maximum Gasteiger partial charge on any atom is -0.00262 e. The van der Waals surface area contributed by atoms with E-state index in [1.165, 1.54) is 98.4 Å². The van der Waals surface area contributed by atoms with Crippen LogP contribution in [0.4, 0.5) is 0 Å². The van der Waals surface area contributed by atoms with Crippen LogP contribution in [-0.2, 0) is 0 Å². The molecule has 0 fully saturated rings. The lowest BCUT2D eigenvalue weighted by Crippen LogP contribution is -1.91. The summed E-state index contributed by atoms with van der Waals surface area (Å²) < 4.78 is 0. The molecule has 232 valence electrons. The molecule has 0 unspecified atom stereocenters. The Bertz CT molecular complexity index is 2590. The van der Waals surface area contributed by atoms with Gasteiger partial charge in [0.1, 0.15) is 0 Å². The fourth-order valence-corrected chi connectivity index (χ4v) is 8.27. The minimum atomic E-state index is 1.23. The van der Waals surface area contributed by atoms with E-state index in [1.54, 1.807) is 0 Å². The van der Waals surface area contributed by atoms with Crippen LogP contribution in [0.25, 0.3) is 98.4 Å². The number of hydrogen-bond acceptors (Lipinski definition) is 0. The van der Waals surface area contributed by atoms with Gasteiger partial charge in [-0.1, -0.05) is 182 Å². The Labute approximate surface area is 291 Å². The van der Waals surface area contributed by atoms with Crippen LogP contribution < -0.4 is 0 Å². The molecule has 0 atom stereocenters. The van der Waals surface area contributed by atoms with Crippen molar-refractivity contribution in [1.29, 1.82) is 0 Å². The lowest BCUT2D eigenvalue weighted by molar-refractivity contribution is 1.65. The van der Waals surface area contributed by atoms with Crippen LogP contribution in [0.5, 0.6) is 0 Å². The van der Waals surface area contributed by atoms with Crippen molar-refractivity contribution in [2.75, 3.05) is 0 Å². The van der Waals surface area contributed by atoms with Crippen molar-refractivity contribution < 1.29 is 0 Å². The zero-order valence-electron chi connectivity index (χ0n) is 27.5. The highest BCUT2D eigenvalue weighted by Crippen LogP contribution is 2.46. The quantitative estimate of drug-likeness (QED) is 0.169. The first-order chi connectivity index (χ1) is 24.8. The van der Waals surface area contributed by atoms with Gasteiger partial charge in [0, 0.05) is 0 Å². The summed E-state index contributed by atoms with van der Waals surface area (Å²) in [5.41, 5.74) is 10.1. The fourth-order valence-electron chi connectivity index (χ4n) is 8.27. The monoisotopic (exact) mass is 632 g/mol. The van der Waals surface area contributed by atoms with Crippen molar-refractivity contribution in [2.45, 2.75) is 0 Å². The summed E-state index contributed by atoms with van der Waals surface area (Å²) in [6, 6.07) is 71.2. The second-order valence-corrected chi connectivity index (χ2v) is 13.2. The van der Waals surface area contributed by atoms with Gasteiger partial charge in [0.2, 0.25) is 0 Å². The molecule has 0 aliphatic heterocycles. The molecular formula is C50H32. The maximum absolute atomic E-state index is 2.40. The highest BCUT2D eigenvalue weighted by Gasteiger charge is 2.19. The summed E-state index contributed by atoms with van der Waals surface area (Å²) in [6.07, 6.45) is 0. The normalized spacial score (nSPS) is 11.6. The first kappa shape index (κ1) is 28.5. The van der Waals surface area contributed by atoms with Crippen LogP contribution >= 0.6 is 0 Å². The first-order valence-electron chi connectivity index (χ1n) is 17.4. The molecule has 0 N–H and O–H groups in total. The molecule has 50 heavy (non-hydrogen) atoms. The van der Waals surface area contributed by atoms with E-state index in [-0.39, 0.29) is 0 Å². The minimum absolute atomic E-state index is 1.23. The summed E-state index contributed by atoms with van der Waals surface area (Å²) in [4.78, 5) is 0. The molecule has 0 spiro atoms. The number of hydrogen-bond donors (Lipinski definition) is 0. The van der Waals surface area contributed by atoms with Gasteiger partial charge in [-0.15, -0.1) is 0 Å². The van der Waals surface area contributed by atoms with Crippen LogP contribution in [0.3, 0.4) is 0 Å². The van der Waals surface area contributed by atoms with E-state index in [2.05, 4.69) is 194 Å². The van der Waals surface area contributed by atoms with E-state index >= 15 is 0 Å². The molecule has 0 aromatic heterocycles. The van der Waals surface area contributed by atoms with Gasteiger partial charge in [0.15, 0.2) is 0 Å². The third kappa shape index (κ3) is 4.46. The average molecular weight is 633 g/mol. The van der Waals surface area contributed by atoms with Crippen molar-refractivity contribution in [3.8, 4) is 44.5 Å². The molecule has 10 aromatic carbocycles. The van der Waals surface area contributed by atoms with Crippen LogP contribution in [0, 0.1) is 0 Å². The maximum atomic E-state index is 2.40. The van der Waals surface area contributed by atoms with Crippen LogP contribution in [0.15, 0.2) is 194 Å². The molecule has 0 nitrogen and oxygen atoms in total. The van der Waals surface area contributed by atoms with Gasteiger partial charge in [-0.25, -0.2) is 0 Å². The standard InChI is InChI=1S/C50H32/c1-3-15-34(16-4-1)47-39-19-7-11-23-43(39)49(44-24-12-8-20-40(44)47)36-29-27-33-28-30-37(32-38(33)31-36)50-45-25-13-9-21-41(45)48(35-17-5-2-6-18-35)42-22-10-14-26-46(42)50/h1-32H. The van der Waals surface area contributed by atoms with E-state index in [0.29, 0.717) is 0 Å². The Kier molecular flexibility index (Phi) is 6.60. The third-order valence-electron chi connectivity index (χ3n) is 10.4. The molecule has 0 saturated heterocycles. The highest BCUT2D eigenvalue weighted by molar-refractivity contribution is 6.23. The summed E-state index contributed by atoms with van der Waals surface area (Å²) in [5, 5.41) is 12.7. The summed E-state index contributed by atoms with van der Waals surface area (Å²) in [6.45, 7) is 0. The average Bonchev–Trinajstić information content (AvgIpc) is 3.19.